The second-order valence-corrected chi connectivity index (χ2v) is 4.11. The molecular formula is C15H13NO4. The number of carboxylic acids is 1. The number of aromatic carboxylic acids is 1. The number of nitrogens with one attached hydrogen (secondary N) is 1. The Kier molecular flexibility index (Phi) is 4.00. The fourth-order valence-electron chi connectivity index (χ4n) is 1.64. The molecule has 5 heteroatoms. The first-order chi connectivity index (χ1) is 9.56. The molecule has 5 nitrogen and oxygen atoms in total. The van der Waals surface area contributed by atoms with E-state index in [9.17, 15) is 9.59 Å². The second-order valence-electron chi connectivity index (χ2n) is 4.11. The van der Waals surface area contributed by atoms with Crippen LogP contribution < -0.4 is 10.1 Å². The maximum absolute atomic E-state index is 11.1. The maximum Gasteiger partial charge on any atom is 0.335 e. The summed E-state index contributed by atoms with van der Waals surface area (Å²) in [4.78, 5) is 21.9. The Balaban J connectivity index is 2.21. The molecule has 0 aliphatic heterocycles. The maximum atomic E-state index is 11.1. The van der Waals surface area contributed by atoms with E-state index >= 15 is 0 Å². The Morgan fingerprint density at radius 3 is 2.30 bits per heavy atom. The van der Waals surface area contributed by atoms with Crippen LogP contribution in [0, 0.1) is 0 Å². The number of rotatable bonds is 4. The van der Waals surface area contributed by atoms with Crippen LogP contribution in [0.25, 0.3) is 0 Å². The minimum Gasteiger partial charge on any atom is -0.478 e. The Labute approximate surface area is 115 Å². The minimum absolute atomic E-state index is 0.187. The average Bonchev–Trinajstić information content (AvgIpc) is 2.41. The molecule has 0 unspecified atom stereocenters. The van der Waals surface area contributed by atoms with Gasteiger partial charge in [0.25, 0.3) is 0 Å². The van der Waals surface area contributed by atoms with Gasteiger partial charge in [0.2, 0.25) is 5.91 Å². The third-order valence-corrected chi connectivity index (χ3v) is 2.53. The monoisotopic (exact) mass is 271 g/mol. The number of benzene rings is 2. The smallest absolute Gasteiger partial charge is 0.335 e. The number of anilines is 1. The van der Waals surface area contributed by atoms with Crippen LogP contribution in [0.5, 0.6) is 11.5 Å². The van der Waals surface area contributed by atoms with Gasteiger partial charge in [-0.1, -0.05) is 12.1 Å². The summed E-state index contributed by atoms with van der Waals surface area (Å²) in [5.74, 6) is -0.198. The van der Waals surface area contributed by atoms with Gasteiger partial charge in [-0.15, -0.1) is 0 Å². The lowest BCUT2D eigenvalue weighted by molar-refractivity contribution is -0.114. The van der Waals surface area contributed by atoms with E-state index in [0.717, 1.165) is 0 Å². The summed E-state index contributed by atoms with van der Waals surface area (Å²) < 4.78 is 5.64. The molecule has 0 bridgehead atoms. The van der Waals surface area contributed by atoms with Crippen molar-refractivity contribution in [2.45, 2.75) is 6.92 Å². The van der Waals surface area contributed by atoms with Crippen molar-refractivity contribution in [3.8, 4) is 11.5 Å². The van der Waals surface area contributed by atoms with E-state index in [1.807, 2.05) is 0 Å². The van der Waals surface area contributed by atoms with Crippen LogP contribution in [-0.2, 0) is 4.79 Å². The number of hydrogen-bond donors (Lipinski definition) is 2. The van der Waals surface area contributed by atoms with Gasteiger partial charge in [-0.3, -0.25) is 4.79 Å². The molecule has 2 aromatic carbocycles. The van der Waals surface area contributed by atoms with Crippen LogP contribution in [0.4, 0.5) is 5.69 Å². The van der Waals surface area contributed by atoms with E-state index in [4.69, 9.17) is 9.84 Å². The largest absolute Gasteiger partial charge is 0.478 e. The van der Waals surface area contributed by atoms with Gasteiger partial charge >= 0.3 is 5.97 Å². The molecule has 0 spiro atoms. The van der Waals surface area contributed by atoms with E-state index in [2.05, 4.69) is 5.32 Å². The number of carbonyl (C=O) groups is 2. The standard InChI is InChI=1S/C15H13NO4/c1-10(17)16-13-4-2-3-5-14(13)20-12-8-6-11(7-9-12)15(18)19/h2-9H,1H3,(H,16,17)(H,18,19). The highest BCUT2D eigenvalue weighted by Gasteiger charge is 2.07. The third-order valence-electron chi connectivity index (χ3n) is 2.53. The number of carboxylic acid groups (broad SMARTS) is 1. The first-order valence-electron chi connectivity index (χ1n) is 5.94. The van der Waals surface area contributed by atoms with Crippen molar-refractivity contribution in [2.24, 2.45) is 0 Å². The third kappa shape index (κ3) is 3.35. The van der Waals surface area contributed by atoms with Crippen molar-refractivity contribution < 1.29 is 19.4 Å². The molecule has 0 saturated heterocycles. The summed E-state index contributed by atoms with van der Waals surface area (Å²) >= 11 is 0. The molecule has 2 aromatic rings. The molecule has 102 valence electrons. The number of carbonyl (C=O) groups excluding carboxylic acids is 1. The van der Waals surface area contributed by atoms with Crippen LogP contribution in [0.3, 0.4) is 0 Å². The number of amides is 1. The van der Waals surface area contributed by atoms with Crippen molar-refractivity contribution in [1.29, 1.82) is 0 Å². The number of para-hydroxylation sites is 2. The van der Waals surface area contributed by atoms with Crippen LogP contribution in [-0.4, -0.2) is 17.0 Å². The zero-order valence-corrected chi connectivity index (χ0v) is 10.8. The van der Waals surface area contributed by atoms with Crippen molar-refractivity contribution in [2.75, 3.05) is 5.32 Å². The SMILES string of the molecule is CC(=O)Nc1ccccc1Oc1ccc(C(=O)O)cc1. The van der Waals surface area contributed by atoms with E-state index in [0.29, 0.717) is 17.2 Å². The highest BCUT2D eigenvalue weighted by Crippen LogP contribution is 2.29. The highest BCUT2D eigenvalue weighted by atomic mass is 16.5. The van der Waals surface area contributed by atoms with E-state index in [1.54, 1.807) is 36.4 Å². The normalized spacial score (nSPS) is 9.85. The predicted molar refractivity (Wildman–Crippen MR) is 74.2 cm³/mol. The summed E-state index contributed by atoms with van der Waals surface area (Å²) in [6, 6.07) is 13.1. The van der Waals surface area contributed by atoms with Gasteiger partial charge in [-0.25, -0.2) is 4.79 Å². The molecule has 0 atom stereocenters. The summed E-state index contributed by atoms with van der Waals surface area (Å²) in [7, 11) is 0. The molecule has 0 saturated carbocycles. The van der Waals surface area contributed by atoms with Gasteiger partial charge in [-0.2, -0.15) is 0 Å². The molecule has 0 radical (unpaired) electrons. The fourth-order valence-corrected chi connectivity index (χ4v) is 1.64. The predicted octanol–water partition coefficient (Wildman–Crippen LogP) is 3.14. The molecule has 0 fully saturated rings. The molecule has 0 heterocycles. The lowest BCUT2D eigenvalue weighted by Gasteiger charge is -2.11. The summed E-state index contributed by atoms with van der Waals surface area (Å²) in [5, 5.41) is 11.5. The topological polar surface area (TPSA) is 75.6 Å². The Morgan fingerprint density at radius 1 is 1.05 bits per heavy atom. The van der Waals surface area contributed by atoms with Crippen molar-refractivity contribution in [3.05, 3.63) is 54.1 Å². The van der Waals surface area contributed by atoms with Crippen molar-refractivity contribution in [3.63, 3.8) is 0 Å². The lowest BCUT2D eigenvalue weighted by Crippen LogP contribution is -2.06. The minimum atomic E-state index is -0.991. The van der Waals surface area contributed by atoms with Gasteiger partial charge in [-0.05, 0) is 36.4 Å². The van der Waals surface area contributed by atoms with E-state index in [-0.39, 0.29) is 11.5 Å². The molecule has 2 N–H and O–H groups in total. The van der Waals surface area contributed by atoms with Gasteiger partial charge in [0, 0.05) is 6.92 Å². The second kappa shape index (κ2) is 5.88. The number of hydrogen-bond acceptors (Lipinski definition) is 3. The van der Waals surface area contributed by atoms with Crippen molar-refractivity contribution >= 4 is 17.6 Å². The van der Waals surface area contributed by atoms with Crippen LogP contribution in [0.15, 0.2) is 48.5 Å². The summed E-state index contributed by atoms with van der Waals surface area (Å²) in [5.41, 5.74) is 0.745. The Morgan fingerprint density at radius 2 is 1.70 bits per heavy atom. The van der Waals surface area contributed by atoms with Crippen LogP contribution in [0.1, 0.15) is 17.3 Å². The molecular weight excluding hydrogens is 258 g/mol. The Bertz CT molecular complexity index is 635. The first-order valence-corrected chi connectivity index (χ1v) is 5.94. The summed E-state index contributed by atoms with van der Waals surface area (Å²) in [6.07, 6.45) is 0. The molecule has 20 heavy (non-hydrogen) atoms. The quantitative estimate of drug-likeness (QED) is 0.895. The molecule has 0 aliphatic carbocycles. The Hall–Kier alpha value is -2.82. The zero-order valence-electron chi connectivity index (χ0n) is 10.8. The molecule has 0 aromatic heterocycles. The lowest BCUT2D eigenvalue weighted by atomic mass is 10.2. The van der Waals surface area contributed by atoms with Gasteiger partial charge in [0.1, 0.15) is 5.75 Å². The van der Waals surface area contributed by atoms with Crippen LogP contribution in [0.2, 0.25) is 0 Å². The van der Waals surface area contributed by atoms with Crippen molar-refractivity contribution in [1.82, 2.24) is 0 Å². The summed E-state index contributed by atoms with van der Waals surface area (Å²) in [6.45, 7) is 1.42. The molecule has 2 rings (SSSR count). The highest BCUT2D eigenvalue weighted by molar-refractivity contribution is 5.90. The van der Waals surface area contributed by atoms with E-state index < -0.39 is 5.97 Å². The van der Waals surface area contributed by atoms with E-state index in [1.165, 1.54) is 19.1 Å². The first kappa shape index (κ1) is 13.6. The zero-order chi connectivity index (χ0) is 14.5. The van der Waals surface area contributed by atoms with Gasteiger partial charge in [0.15, 0.2) is 5.75 Å². The number of ether oxygens (including phenoxy) is 1. The molecule has 1 amide bonds. The van der Waals surface area contributed by atoms with Crippen LogP contribution >= 0.6 is 0 Å². The average molecular weight is 271 g/mol. The van der Waals surface area contributed by atoms with Gasteiger partial charge < -0.3 is 15.2 Å². The fraction of sp³-hybridized carbons (Fsp3) is 0.0667. The molecule has 0 aliphatic rings. The van der Waals surface area contributed by atoms with Gasteiger partial charge in [0.05, 0.1) is 11.3 Å².